The van der Waals surface area contributed by atoms with Crippen LogP contribution >= 0.6 is 0 Å². The lowest BCUT2D eigenvalue weighted by molar-refractivity contribution is 0.218. The van der Waals surface area contributed by atoms with E-state index in [0.29, 0.717) is 11.8 Å². The van der Waals surface area contributed by atoms with E-state index < -0.39 is 0 Å². The largest absolute Gasteiger partial charge is 0.457 e. The van der Waals surface area contributed by atoms with Crippen LogP contribution in [0.2, 0.25) is 0 Å². The molecule has 2 bridgehead atoms. The summed E-state index contributed by atoms with van der Waals surface area (Å²) in [4.78, 5) is 0. The van der Waals surface area contributed by atoms with Gasteiger partial charge in [0.1, 0.15) is 23.0 Å². The number of hydrogen-bond acceptors (Lipinski definition) is 2. The van der Waals surface area contributed by atoms with Crippen molar-refractivity contribution in [3.8, 4) is 23.0 Å². The van der Waals surface area contributed by atoms with Crippen molar-refractivity contribution >= 4 is 12.2 Å². The van der Waals surface area contributed by atoms with E-state index in [-0.39, 0.29) is 0 Å². The molecule has 0 radical (unpaired) electrons. The predicted molar refractivity (Wildman–Crippen MR) is 173 cm³/mol. The van der Waals surface area contributed by atoms with Gasteiger partial charge in [-0.15, -0.1) is 0 Å². The highest BCUT2D eigenvalue weighted by molar-refractivity contribution is 5.58. The van der Waals surface area contributed by atoms with E-state index in [2.05, 4.69) is 97.1 Å². The highest BCUT2D eigenvalue weighted by Gasteiger charge is 2.57. The van der Waals surface area contributed by atoms with Gasteiger partial charge in [0.25, 0.3) is 0 Å². The number of para-hydroxylation sites is 2. The Morgan fingerprint density at radius 2 is 1.07 bits per heavy atom. The zero-order valence-electron chi connectivity index (χ0n) is 24.7. The molecule has 6 unspecified atom stereocenters. The number of rotatable bonds is 8. The average Bonchev–Trinajstić information content (AvgIpc) is 3.74. The Hall–Kier alpha value is -4.04. The standard InChI is InChI=1S/C40H40O2/c1-3-9-29-11-5-7-13-38(29)41-32-19-15-27(16-20-32)34-23-24-35-37-26-31(40(34)35)25-36(37)28-17-21-33(22-18-28)42-39-14-8-6-12-30(39)10-4-2/h3-22,31,34-37,40H,23-26H2,1-2H3. The molecule has 6 atom stereocenters. The molecule has 0 aromatic heterocycles. The quantitative estimate of drug-likeness (QED) is 0.216. The predicted octanol–water partition coefficient (Wildman–Crippen LogP) is 11.3. The van der Waals surface area contributed by atoms with Gasteiger partial charge < -0.3 is 9.47 Å². The van der Waals surface area contributed by atoms with Crippen LogP contribution in [-0.4, -0.2) is 0 Å². The number of hydrogen-bond donors (Lipinski definition) is 0. The zero-order chi connectivity index (χ0) is 28.5. The van der Waals surface area contributed by atoms with Crippen LogP contribution in [0.3, 0.4) is 0 Å². The molecule has 0 saturated heterocycles. The summed E-state index contributed by atoms with van der Waals surface area (Å²) >= 11 is 0. The van der Waals surface area contributed by atoms with Crippen LogP contribution in [0.4, 0.5) is 0 Å². The van der Waals surface area contributed by atoms with E-state index in [1.165, 1.54) is 36.8 Å². The maximum atomic E-state index is 6.27. The molecule has 0 aliphatic heterocycles. The van der Waals surface area contributed by atoms with Crippen molar-refractivity contribution < 1.29 is 9.47 Å². The molecule has 7 rings (SSSR count). The molecule has 2 heteroatoms. The van der Waals surface area contributed by atoms with Crippen LogP contribution < -0.4 is 9.47 Å². The maximum Gasteiger partial charge on any atom is 0.134 e. The number of benzene rings is 4. The molecule has 212 valence electrons. The molecule has 0 N–H and O–H groups in total. The number of ether oxygens (including phenoxy) is 2. The van der Waals surface area contributed by atoms with E-state index in [0.717, 1.165) is 57.8 Å². The first-order valence-electron chi connectivity index (χ1n) is 15.7. The monoisotopic (exact) mass is 552 g/mol. The average molecular weight is 553 g/mol. The Labute approximate surface area is 250 Å². The molecule has 4 aromatic carbocycles. The van der Waals surface area contributed by atoms with Gasteiger partial charge in [0.15, 0.2) is 0 Å². The first-order valence-corrected chi connectivity index (χ1v) is 15.7. The summed E-state index contributed by atoms with van der Waals surface area (Å²) in [7, 11) is 0. The second kappa shape index (κ2) is 11.7. The van der Waals surface area contributed by atoms with Gasteiger partial charge in [0.2, 0.25) is 0 Å². The number of fused-ring (bicyclic) bond motifs is 5. The third-order valence-corrected chi connectivity index (χ3v) is 10.1. The highest BCUT2D eigenvalue weighted by Crippen LogP contribution is 2.67. The second-order valence-corrected chi connectivity index (χ2v) is 12.3. The van der Waals surface area contributed by atoms with Crippen molar-refractivity contribution in [1.29, 1.82) is 0 Å². The highest BCUT2D eigenvalue weighted by atomic mass is 16.5. The fourth-order valence-electron chi connectivity index (χ4n) is 8.51. The first-order chi connectivity index (χ1) is 20.7. The van der Waals surface area contributed by atoms with Crippen LogP contribution in [-0.2, 0) is 0 Å². The van der Waals surface area contributed by atoms with Gasteiger partial charge in [0.05, 0.1) is 0 Å². The van der Waals surface area contributed by atoms with E-state index in [9.17, 15) is 0 Å². The summed E-state index contributed by atoms with van der Waals surface area (Å²) in [6.45, 7) is 4.08. The lowest BCUT2D eigenvalue weighted by Gasteiger charge is -2.34. The summed E-state index contributed by atoms with van der Waals surface area (Å²) in [6.07, 6.45) is 13.7. The van der Waals surface area contributed by atoms with Gasteiger partial charge in [0, 0.05) is 11.1 Å². The van der Waals surface area contributed by atoms with Crippen molar-refractivity contribution in [2.75, 3.05) is 0 Å². The van der Waals surface area contributed by atoms with Gasteiger partial charge in [-0.05, 0) is 123 Å². The Kier molecular flexibility index (Phi) is 7.46. The van der Waals surface area contributed by atoms with Gasteiger partial charge in [-0.25, -0.2) is 0 Å². The van der Waals surface area contributed by atoms with Crippen molar-refractivity contribution in [1.82, 2.24) is 0 Å². The molecule has 42 heavy (non-hydrogen) atoms. The third-order valence-electron chi connectivity index (χ3n) is 10.1. The van der Waals surface area contributed by atoms with E-state index in [4.69, 9.17) is 9.47 Å². The first kappa shape index (κ1) is 26.8. The van der Waals surface area contributed by atoms with Crippen molar-refractivity contribution in [2.24, 2.45) is 23.7 Å². The number of allylic oxidation sites excluding steroid dienone is 2. The van der Waals surface area contributed by atoms with Gasteiger partial charge in [-0.2, -0.15) is 0 Å². The van der Waals surface area contributed by atoms with Crippen LogP contribution in [0.5, 0.6) is 23.0 Å². The smallest absolute Gasteiger partial charge is 0.134 e. The fourth-order valence-corrected chi connectivity index (χ4v) is 8.51. The molecule has 3 aliphatic carbocycles. The summed E-state index contributed by atoms with van der Waals surface area (Å²) in [6, 6.07) is 34.4. The Morgan fingerprint density at radius 3 is 1.62 bits per heavy atom. The Balaban J connectivity index is 1.01. The van der Waals surface area contributed by atoms with Gasteiger partial charge in [-0.3, -0.25) is 0 Å². The van der Waals surface area contributed by atoms with Crippen molar-refractivity contribution in [3.05, 3.63) is 131 Å². The third kappa shape index (κ3) is 5.09. The molecule has 3 aliphatic rings. The molecule has 3 saturated carbocycles. The second-order valence-electron chi connectivity index (χ2n) is 12.3. The minimum atomic E-state index is 0.684. The van der Waals surface area contributed by atoms with Crippen LogP contribution in [0.1, 0.15) is 73.6 Å². The molecule has 0 spiro atoms. The van der Waals surface area contributed by atoms with Gasteiger partial charge in [-0.1, -0.05) is 85.0 Å². The summed E-state index contributed by atoms with van der Waals surface area (Å²) in [5.41, 5.74) is 5.21. The molecular weight excluding hydrogens is 512 g/mol. The van der Waals surface area contributed by atoms with Crippen LogP contribution in [0.25, 0.3) is 12.2 Å². The molecular formula is C40H40O2. The van der Waals surface area contributed by atoms with Crippen molar-refractivity contribution in [2.45, 2.75) is 51.4 Å². The molecule has 2 nitrogen and oxygen atoms in total. The van der Waals surface area contributed by atoms with Crippen LogP contribution in [0, 0.1) is 23.7 Å². The molecule has 0 heterocycles. The molecule has 4 aromatic rings. The minimum Gasteiger partial charge on any atom is -0.457 e. The Bertz CT molecular complexity index is 1580. The molecule has 0 amide bonds. The minimum absolute atomic E-state index is 0.684. The van der Waals surface area contributed by atoms with E-state index in [1.54, 1.807) is 0 Å². The lowest BCUT2D eigenvalue weighted by Crippen LogP contribution is -2.25. The van der Waals surface area contributed by atoms with Crippen molar-refractivity contribution in [3.63, 3.8) is 0 Å². The zero-order valence-corrected chi connectivity index (χ0v) is 24.7. The topological polar surface area (TPSA) is 18.5 Å². The SMILES string of the molecule is CC=Cc1ccccc1Oc1ccc(C2CC3CC2C2CCC(c4ccc(Oc5ccccc5C=CC)cc4)C32)cc1. The van der Waals surface area contributed by atoms with Gasteiger partial charge >= 0.3 is 0 Å². The normalized spacial score (nSPS) is 26.2. The lowest BCUT2D eigenvalue weighted by atomic mass is 9.70. The fraction of sp³-hybridized carbons (Fsp3) is 0.300. The summed E-state index contributed by atoms with van der Waals surface area (Å²) in [5.74, 6) is 8.35. The molecule has 3 fully saturated rings. The maximum absolute atomic E-state index is 6.27. The van der Waals surface area contributed by atoms with Crippen LogP contribution in [0.15, 0.2) is 109 Å². The summed E-state index contributed by atoms with van der Waals surface area (Å²) in [5, 5.41) is 0. The van der Waals surface area contributed by atoms with E-state index >= 15 is 0 Å². The summed E-state index contributed by atoms with van der Waals surface area (Å²) < 4.78 is 12.5. The van der Waals surface area contributed by atoms with E-state index in [1.807, 2.05) is 38.1 Å². The Morgan fingerprint density at radius 1 is 0.548 bits per heavy atom.